The van der Waals surface area contributed by atoms with Crippen LogP contribution in [-0.4, -0.2) is 70.2 Å². The largest absolute Gasteiger partial charge is 0.495 e. The Bertz CT molecular complexity index is 652. The highest BCUT2D eigenvalue weighted by molar-refractivity contribution is 14.0. The molecule has 1 aliphatic heterocycles. The molecule has 0 aliphatic carbocycles. The lowest BCUT2D eigenvalue weighted by molar-refractivity contribution is -0.128. The van der Waals surface area contributed by atoms with Crippen molar-refractivity contribution in [1.29, 1.82) is 0 Å². The average Bonchev–Trinajstić information content (AvgIpc) is 2.67. The third-order valence-corrected chi connectivity index (χ3v) is 4.59. The Balaban J connectivity index is 0.00000392. The summed E-state index contributed by atoms with van der Waals surface area (Å²) >= 11 is 0. The number of benzene rings is 1. The van der Waals surface area contributed by atoms with Crippen molar-refractivity contribution in [2.24, 2.45) is 10.4 Å². The van der Waals surface area contributed by atoms with Crippen LogP contribution in [0.25, 0.3) is 0 Å². The van der Waals surface area contributed by atoms with E-state index >= 15 is 0 Å². The van der Waals surface area contributed by atoms with E-state index in [0.717, 1.165) is 43.6 Å². The van der Waals surface area contributed by atoms with Gasteiger partial charge >= 0.3 is 0 Å². The SMILES string of the molecule is CN=C(NCCNC(=O)C(C)(C)C)N1CCN(c2ccccc2OC)CC1.I. The fourth-order valence-electron chi connectivity index (χ4n) is 3.00. The lowest BCUT2D eigenvalue weighted by atomic mass is 9.96. The first-order valence-corrected chi connectivity index (χ1v) is 9.48. The Morgan fingerprint density at radius 1 is 1.11 bits per heavy atom. The van der Waals surface area contributed by atoms with Crippen LogP contribution in [0.2, 0.25) is 0 Å². The van der Waals surface area contributed by atoms with Gasteiger partial charge in [0.05, 0.1) is 12.8 Å². The number of ether oxygens (including phenoxy) is 1. The number of anilines is 1. The van der Waals surface area contributed by atoms with Crippen LogP contribution in [0, 0.1) is 5.41 Å². The normalized spacial score (nSPS) is 15.0. The van der Waals surface area contributed by atoms with E-state index in [9.17, 15) is 4.79 Å². The summed E-state index contributed by atoms with van der Waals surface area (Å²) in [5.41, 5.74) is 0.767. The second kappa shape index (κ2) is 11.3. The highest BCUT2D eigenvalue weighted by Gasteiger charge is 2.22. The number of carbonyl (C=O) groups excluding carboxylic acids is 1. The summed E-state index contributed by atoms with van der Waals surface area (Å²) in [4.78, 5) is 20.9. The number of halogens is 1. The molecule has 1 aromatic rings. The molecule has 1 aliphatic rings. The molecule has 0 saturated carbocycles. The number of para-hydroxylation sites is 2. The Morgan fingerprint density at radius 3 is 2.29 bits per heavy atom. The molecule has 28 heavy (non-hydrogen) atoms. The van der Waals surface area contributed by atoms with Gasteiger partial charge in [0.2, 0.25) is 5.91 Å². The van der Waals surface area contributed by atoms with E-state index in [2.05, 4.69) is 31.5 Å². The monoisotopic (exact) mass is 503 g/mol. The van der Waals surface area contributed by atoms with Gasteiger partial charge < -0.3 is 25.2 Å². The Labute approximate surface area is 185 Å². The van der Waals surface area contributed by atoms with Gasteiger partial charge in [0.1, 0.15) is 5.75 Å². The van der Waals surface area contributed by atoms with Crippen molar-refractivity contribution in [1.82, 2.24) is 15.5 Å². The fraction of sp³-hybridized carbons (Fsp3) is 0.600. The van der Waals surface area contributed by atoms with Crippen LogP contribution in [-0.2, 0) is 4.79 Å². The number of amides is 1. The van der Waals surface area contributed by atoms with E-state index in [0.29, 0.717) is 13.1 Å². The minimum atomic E-state index is -0.365. The second-order valence-electron chi connectivity index (χ2n) is 7.63. The molecule has 7 nitrogen and oxygen atoms in total. The van der Waals surface area contributed by atoms with Crippen LogP contribution in [0.5, 0.6) is 5.75 Å². The summed E-state index contributed by atoms with van der Waals surface area (Å²) in [5, 5.41) is 6.29. The molecule has 2 rings (SSSR count). The lowest BCUT2D eigenvalue weighted by Crippen LogP contribution is -2.53. The van der Waals surface area contributed by atoms with E-state index in [1.165, 1.54) is 0 Å². The van der Waals surface area contributed by atoms with Crippen molar-refractivity contribution in [3.63, 3.8) is 0 Å². The van der Waals surface area contributed by atoms with E-state index in [1.807, 2.05) is 39.0 Å². The predicted molar refractivity (Wildman–Crippen MR) is 126 cm³/mol. The fourth-order valence-corrected chi connectivity index (χ4v) is 3.00. The van der Waals surface area contributed by atoms with Gasteiger partial charge in [-0.1, -0.05) is 32.9 Å². The van der Waals surface area contributed by atoms with Crippen molar-refractivity contribution < 1.29 is 9.53 Å². The van der Waals surface area contributed by atoms with Crippen LogP contribution in [0.15, 0.2) is 29.3 Å². The molecule has 0 unspecified atom stereocenters. The van der Waals surface area contributed by atoms with Gasteiger partial charge in [0, 0.05) is 51.7 Å². The molecule has 1 fully saturated rings. The number of guanidine groups is 1. The van der Waals surface area contributed by atoms with Gasteiger partial charge in [-0.25, -0.2) is 0 Å². The smallest absolute Gasteiger partial charge is 0.225 e. The maximum Gasteiger partial charge on any atom is 0.225 e. The van der Waals surface area contributed by atoms with Gasteiger partial charge in [-0.3, -0.25) is 9.79 Å². The third kappa shape index (κ3) is 6.72. The van der Waals surface area contributed by atoms with Gasteiger partial charge in [-0.05, 0) is 12.1 Å². The van der Waals surface area contributed by atoms with Crippen molar-refractivity contribution in [3.8, 4) is 5.75 Å². The van der Waals surface area contributed by atoms with Gasteiger partial charge in [-0.15, -0.1) is 24.0 Å². The number of piperazine rings is 1. The van der Waals surface area contributed by atoms with Gasteiger partial charge in [0.15, 0.2) is 5.96 Å². The topological polar surface area (TPSA) is 69.2 Å². The molecule has 1 aromatic carbocycles. The zero-order valence-electron chi connectivity index (χ0n) is 17.6. The molecule has 1 saturated heterocycles. The van der Waals surface area contributed by atoms with E-state index in [4.69, 9.17) is 4.74 Å². The lowest BCUT2D eigenvalue weighted by Gasteiger charge is -2.38. The quantitative estimate of drug-likeness (QED) is 0.279. The summed E-state index contributed by atoms with van der Waals surface area (Å²) in [6.07, 6.45) is 0. The number of aliphatic imine (C=N–C) groups is 1. The minimum absolute atomic E-state index is 0. The number of carbonyl (C=O) groups is 1. The minimum Gasteiger partial charge on any atom is -0.495 e. The summed E-state index contributed by atoms with van der Waals surface area (Å²) in [6, 6.07) is 8.12. The van der Waals surface area contributed by atoms with Crippen LogP contribution in [0.3, 0.4) is 0 Å². The molecule has 158 valence electrons. The van der Waals surface area contributed by atoms with E-state index in [-0.39, 0.29) is 35.3 Å². The molecule has 1 amide bonds. The Morgan fingerprint density at radius 2 is 1.71 bits per heavy atom. The van der Waals surface area contributed by atoms with Crippen LogP contribution >= 0.6 is 24.0 Å². The van der Waals surface area contributed by atoms with Gasteiger partial charge in [-0.2, -0.15) is 0 Å². The van der Waals surface area contributed by atoms with Crippen molar-refractivity contribution in [2.45, 2.75) is 20.8 Å². The Hall–Kier alpha value is -1.71. The maximum atomic E-state index is 11.9. The van der Waals surface area contributed by atoms with Gasteiger partial charge in [0.25, 0.3) is 0 Å². The number of nitrogens with one attached hydrogen (secondary N) is 2. The first kappa shape index (κ1) is 24.3. The first-order valence-electron chi connectivity index (χ1n) is 9.48. The highest BCUT2D eigenvalue weighted by atomic mass is 127. The van der Waals surface area contributed by atoms with E-state index in [1.54, 1.807) is 14.2 Å². The molecule has 0 aromatic heterocycles. The van der Waals surface area contributed by atoms with Crippen molar-refractivity contribution >= 4 is 41.5 Å². The van der Waals surface area contributed by atoms with Crippen molar-refractivity contribution in [3.05, 3.63) is 24.3 Å². The molecule has 0 bridgehead atoms. The van der Waals surface area contributed by atoms with E-state index < -0.39 is 0 Å². The van der Waals surface area contributed by atoms with Crippen LogP contribution in [0.1, 0.15) is 20.8 Å². The number of nitrogens with zero attached hydrogens (tertiary/aromatic N) is 3. The molecular weight excluding hydrogens is 469 g/mol. The predicted octanol–water partition coefficient (Wildman–Crippen LogP) is 2.17. The number of methoxy groups -OCH3 is 1. The molecule has 0 radical (unpaired) electrons. The number of hydrogen-bond donors (Lipinski definition) is 2. The number of rotatable bonds is 5. The molecule has 0 atom stereocenters. The molecule has 8 heteroatoms. The summed E-state index contributed by atoms with van der Waals surface area (Å²) in [5.74, 6) is 1.84. The summed E-state index contributed by atoms with van der Waals surface area (Å²) < 4.78 is 5.48. The highest BCUT2D eigenvalue weighted by Crippen LogP contribution is 2.28. The molecule has 0 spiro atoms. The second-order valence-corrected chi connectivity index (χ2v) is 7.63. The molecular formula is C20H34IN5O2. The van der Waals surface area contributed by atoms with Crippen LogP contribution in [0.4, 0.5) is 5.69 Å². The van der Waals surface area contributed by atoms with Crippen LogP contribution < -0.4 is 20.3 Å². The zero-order chi connectivity index (χ0) is 19.9. The third-order valence-electron chi connectivity index (χ3n) is 4.59. The Kier molecular flexibility index (Phi) is 9.84. The van der Waals surface area contributed by atoms with Crippen molar-refractivity contribution in [2.75, 3.05) is 58.3 Å². The average molecular weight is 503 g/mol. The molecule has 2 N–H and O–H groups in total. The summed E-state index contributed by atoms with van der Waals surface area (Å²) in [7, 11) is 3.50. The summed E-state index contributed by atoms with van der Waals surface area (Å²) in [6.45, 7) is 10.5. The zero-order valence-corrected chi connectivity index (χ0v) is 19.9. The molecule has 1 heterocycles. The standard InChI is InChI=1S/C20H33N5O2.HI/c1-20(2,3)18(26)22-10-11-23-19(21-4)25-14-12-24(13-15-25)16-8-6-7-9-17(16)27-5;/h6-9H,10-15H2,1-5H3,(H,21,23)(H,22,26);1H. The first-order chi connectivity index (χ1) is 12.9. The number of hydrogen-bond acceptors (Lipinski definition) is 4. The maximum absolute atomic E-state index is 11.9.